The number of para-hydroxylation sites is 2. The number of rotatable bonds is 1. The molecule has 0 N–H and O–H groups in total. The minimum atomic E-state index is 0.609. The van der Waals surface area contributed by atoms with Gasteiger partial charge in [0, 0.05) is 10.8 Å². The molecule has 1 aromatic heterocycles. The van der Waals surface area contributed by atoms with Crippen LogP contribution in [0.4, 0.5) is 0 Å². The minimum absolute atomic E-state index is 0.609. The number of nitrogens with zero attached hydrogens (tertiary/aromatic N) is 3. The maximum Gasteiger partial charge on any atom is 0.101 e. The van der Waals surface area contributed by atoms with E-state index >= 15 is 0 Å². The van der Waals surface area contributed by atoms with E-state index in [9.17, 15) is 10.5 Å². The highest BCUT2D eigenvalue weighted by atomic mass is 15.0. The quantitative estimate of drug-likeness (QED) is 0.518. The van der Waals surface area contributed by atoms with Crippen LogP contribution in [0.2, 0.25) is 0 Å². The summed E-state index contributed by atoms with van der Waals surface area (Å²) in [5.74, 6) is 0. The summed E-state index contributed by atoms with van der Waals surface area (Å²) in [5.41, 5.74) is 4.02. The lowest BCUT2D eigenvalue weighted by atomic mass is 10.1. The molecule has 0 unspecified atom stereocenters. The Labute approximate surface area is 133 Å². The van der Waals surface area contributed by atoms with Crippen molar-refractivity contribution >= 4 is 21.8 Å². The van der Waals surface area contributed by atoms with E-state index in [1.54, 1.807) is 0 Å². The van der Waals surface area contributed by atoms with Crippen molar-refractivity contribution in [1.29, 1.82) is 10.5 Å². The lowest BCUT2D eigenvalue weighted by molar-refractivity contribution is 1.17. The van der Waals surface area contributed by atoms with Crippen LogP contribution in [-0.2, 0) is 0 Å². The second-order valence-electron chi connectivity index (χ2n) is 5.29. The van der Waals surface area contributed by atoms with Crippen LogP contribution >= 0.6 is 0 Å². The molecule has 0 amide bonds. The lowest BCUT2D eigenvalue weighted by Crippen LogP contribution is -1.97. The Morgan fingerprint density at radius 1 is 0.652 bits per heavy atom. The van der Waals surface area contributed by atoms with Gasteiger partial charge >= 0.3 is 0 Å². The third-order valence-corrected chi connectivity index (χ3v) is 4.08. The molecule has 3 heteroatoms. The first-order chi connectivity index (χ1) is 11.3. The molecule has 0 saturated heterocycles. The van der Waals surface area contributed by atoms with Crippen LogP contribution in [0.1, 0.15) is 11.1 Å². The summed E-state index contributed by atoms with van der Waals surface area (Å²) in [4.78, 5) is 0. The van der Waals surface area contributed by atoms with E-state index in [0.717, 1.165) is 27.5 Å². The number of aromatic nitrogens is 1. The smallest absolute Gasteiger partial charge is 0.101 e. The highest BCUT2D eigenvalue weighted by molar-refractivity contribution is 6.11. The van der Waals surface area contributed by atoms with Crippen molar-refractivity contribution in [3.05, 3.63) is 77.9 Å². The van der Waals surface area contributed by atoms with Gasteiger partial charge in [-0.05, 0) is 30.3 Å². The van der Waals surface area contributed by atoms with E-state index in [0.29, 0.717) is 11.1 Å². The lowest BCUT2D eigenvalue weighted by Gasteiger charge is -2.09. The highest BCUT2D eigenvalue weighted by Crippen LogP contribution is 2.34. The van der Waals surface area contributed by atoms with E-state index in [-0.39, 0.29) is 0 Å². The van der Waals surface area contributed by atoms with E-state index in [1.807, 2.05) is 66.7 Å². The van der Waals surface area contributed by atoms with Crippen LogP contribution in [0.5, 0.6) is 0 Å². The number of benzene rings is 3. The van der Waals surface area contributed by atoms with Gasteiger partial charge in [0.25, 0.3) is 0 Å². The van der Waals surface area contributed by atoms with Crippen molar-refractivity contribution in [2.24, 2.45) is 0 Å². The Bertz CT molecular complexity index is 1140. The van der Waals surface area contributed by atoms with Crippen LogP contribution in [0.3, 0.4) is 0 Å². The summed E-state index contributed by atoms with van der Waals surface area (Å²) in [6, 6.07) is 25.7. The van der Waals surface area contributed by atoms with Gasteiger partial charge in [0.05, 0.1) is 33.9 Å². The fourth-order valence-electron chi connectivity index (χ4n) is 3.14. The van der Waals surface area contributed by atoms with E-state index in [4.69, 9.17) is 0 Å². The SMILES string of the molecule is N#Cc1ccccc1-n1c2ccccc2c2c(C#N)cccc21. The van der Waals surface area contributed by atoms with Crippen LogP contribution in [-0.4, -0.2) is 4.57 Å². The van der Waals surface area contributed by atoms with Gasteiger partial charge in [-0.1, -0.05) is 36.4 Å². The predicted molar refractivity (Wildman–Crippen MR) is 90.2 cm³/mol. The summed E-state index contributed by atoms with van der Waals surface area (Å²) in [6.45, 7) is 0. The van der Waals surface area contributed by atoms with Crippen molar-refractivity contribution in [3.8, 4) is 17.8 Å². The number of hydrogen-bond donors (Lipinski definition) is 0. The van der Waals surface area contributed by atoms with Crippen molar-refractivity contribution in [2.45, 2.75) is 0 Å². The number of fused-ring (bicyclic) bond motifs is 3. The van der Waals surface area contributed by atoms with Crippen LogP contribution in [0.25, 0.3) is 27.5 Å². The van der Waals surface area contributed by atoms with Gasteiger partial charge in [0.1, 0.15) is 6.07 Å². The molecule has 23 heavy (non-hydrogen) atoms. The van der Waals surface area contributed by atoms with Gasteiger partial charge in [0.2, 0.25) is 0 Å². The molecular formula is C20H11N3. The molecule has 0 aliphatic heterocycles. The van der Waals surface area contributed by atoms with Crippen LogP contribution in [0.15, 0.2) is 66.7 Å². The Balaban J connectivity index is 2.27. The first kappa shape index (κ1) is 13.1. The van der Waals surface area contributed by atoms with Gasteiger partial charge in [-0.3, -0.25) is 0 Å². The number of hydrogen-bond acceptors (Lipinski definition) is 2. The summed E-state index contributed by atoms with van der Waals surface area (Å²) >= 11 is 0. The molecule has 4 aromatic rings. The monoisotopic (exact) mass is 293 g/mol. The Morgan fingerprint density at radius 3 is 2.13 bits per heavy atom. The van der Waals surface area contributed by atoms with Crippen molar-refractivity contribution in [1.82, 2.24) is 4.57 Å². The van der Waals surface area contributed by atoms with E-state index in [2.05, 4.69) is 16.7 Å². The molecule has 3 aromatic carbocycles. The van der Waals surface area contributed by atoms with Crippen LogP contribution < -0.4 is 0 Å². The van der Waals surface area contributed by atoms with Gasteiger partial charge in [0.15, 0.2) is 0 Å². The van der Waals surface area contributed by atoms with E-state index < -0.39 is 0 Å². The topological polar surface area (TPSA) is 52.5 Å². The Morgan fingerprint density at radius 2 is 1.30 bits per heavy atom. The third-order valence-electron chi connectivity index (χ3n) is 4.08. The van der Waals surface area contributed by atoms with Gasteiger partial charge in [-0.15, -0.1) is 0 Å². The fourth-order valence-corrected chi connectivity index (χ4v) is 3.14. The summed E-state index contributed by atoms with van der Waals surface area (Å²) in [6.07, 6.45) is 0. The molecule has 0 aliphatic carbocycles. The Hall–Kier alpha value is -3.56. The summed E-state index contributed by atoms with van der Waals surface area (Å²) < 4.78 is 2.06. The molecule has 0 aliphatic rings. The van der Waals surface area contributed by atoms with Gasteiger partial charge in [-0.2, -0.15) is 10.5 Å². The largest absolute Gasteiger partial charge is 0.308 e. The second kappa shape index (κ2) is 5.02. The summed E-state index contributed by atoms with van der Waals surface area (Å²) in [5, 5.41) is 20.9. The highest BCUT2D eigenvalue weighted by Gasteiger charge is 2.16. The maximum absolute atomic E-state index is 9.46. The minimum Gasteiger partial charge on any atom is -0.308 e. The molecule has 0 bridgehead atoms. The molecule has 0 fully saturated rings. The zero-order chi connectivity index (χ0) is 15.8. The molecule has 0 saturated carbocycles. The zero-order valence-electron chi connectivity index (χ0n) is 12.2. The standard InChI is InChI=1S/C20H11N3/c21-12-14-6-1-3-9-17(14)23-18-10-4-2-8-16(18)20-15(13-22)7-5-11-19(20)23/h1-11H. The molecule has 0 atom stereocenters. The van der Waals surface area contributed by atoms with Crippen molar-refractivity contribution < 1.29 is 0 Å². The van der Waals surface area contributed by atoms with Gasteiger partial charge < -0.3 is 4.57 Å². The molecule has 106 valence electrons. The first-order valence-electron chi connectivity index (χ1n) is 7.27. The first-order valence-corrected chi connectivity index (χ1v) is 7.27. The summed E-state index contributed by atoms with van der Waals surface area (Å²) in [7, 11) is 0. The van der Waals surface area contributed by atoms with Crippen molar-refractivity contribution in [2.75, 3.05) is 0 Å². The second-order valence-corrected chi connectivity index (χ2v) is 5.29. The Kier molecular flexibility index (Phi) is 2.86. The molecule has 0 radical (unpaired) electrons. The fraction of sp³-hybridized carbons (Fsp3) is 0. The van der Waals surface area contributed by atoms with Crippen LogP contribution in [0, 0.1) is 22.7 Å². The maximum atomic E-state index is 9.46. The zero-order valence-corrected chi connectivity index (χ0v) is 12.2. The molecule has 1 heterocycles. The molecular weight excluding hydrogens is 282 g/mol. The van der Waals surface area contributed by atoms with Crippen molar-refractivity contribution in [3.63, 3.8) is 0 Å². The predicted octanol–water partition coefficient (Wildman–Crippen LogP) is 4.53. The van der Waals surface area contributed by atoms with E-state index in [1.165, 1.54) is 0 Å². The average Bonchev–Trinajstić information content (AvgIpc) is 2.96. The molecule has 3 nitrogen and oxygen atoms in total. The van der Waals surface area contributed by atoms with Gasteiger partial charge in [-0.25, -0.2) is 0 Å². The molecule has 0 spiro atoms. The normalized spacial score (nSPS) is 10.5. The average molecular weight is 293 g/mol. The third kappa shape index (κ3) is 1.81. The molecule has 4 rings (SSSR count). The number of nitriles is 2.